The monoisotopic (exact) mass is 269 g/mol. The molecule has 2 N–H and O–H groups in total. The fourth-order valence-corrected chi connectivity index (χ4v) is 3.59. The first kappa shape index (κ1) is 15.3. The Morgan fingerprint density at radius 2 is 1.79 bits per heavy atom. The number of hydrogen-bond donors (Lipinski definition) is 2. The van der Waals surface area contributed by atoms with Crippen LogP contribution in [0.1, 0.15) is 64.7 Å². The lowest BCUT2D eigenvalue weighted by Crippen LogP contribution is -2.38. The Labute approximate surface area is 118 Å². The van der Waals surface area contributed by atoms with Crippen molar-refractivity contribution in [3.63, 3.8) is 0 Å². The van der Waals surface area contributed by atoms with Gasteiger partial charge < -0.3 is 15.2 Å². The molecule has 0 aromatic heterocycles. The van der Waals surface area contributed by atoms with Crippen LogP contribution >= 0.6 is 0 Å². The van der Waals surface area contributed by atoms with E-state index < -0.39 is 0 Å². The summed E-state index contributed by atoms with van der Waals surface area (Å²) < 4.78 is 5.97. The van der Waals surface area contributed by atoms with Gasteiger partial charge in [0.25, 0.3) is 0 Å². The number of nitrogens with one attached hydrogen (secondary N) is 1. The number of aliphatic hydroxyl groups is 1. The van der Waals surface area contributed by atoms with E-state index >= 15 is 0 Å². The molecule has 0 saturated heterocycles. The van der Waals surface area contributed by atoms with Crippen molar-refractivity contribution in [3.05, 3.63) is 0 Å². The van der Waals surface area contributed by atoms with E-state index in [-0.39, 0.29) is 6.10 Å². The molecule has 0 aliphatic heterocycles. The van der Waals surface area contributed by atoms with Gasteiger partial charge >= 0.3 is 0 Å². The average molecular weight is 269 g/mol. The summed E-state index contributed by atoms with van der Waals surface area (Å²) in [7, 11) is 0. The Morgan fingerprint density at radius 3 is 2.53 bits per heavy atom. The van der Waals surface area contributed by atoms with E-state index in [4.69, 9.17) is 4.74 Å². The first-order valence-corrected chi connectivity index (χ1v) is 8.32. The lowest BCUT2D eigenvalue weighted by Gasteiger charge is -2.31. The second-order valence-electron chi connectivity index (χ2n) is 6.37. The zero-order chi connectivity index (χ0) is 13.5. The SMILES string of the molecule is CCC1CCCCC1OCC(O)CNC1CCCC1. The van der Waals surface area contributed by atoms with Crippen molar-refractivity contribution in [1.82, 2.24) is 5.32 Å². The summed E-state index contributed by atoms with van der Waals surface area (Å²) in [6, 6.07) is 0.632. The van der Waals surface area contributed by atoms with E-state index in [1.165, 1.54) is 57.8 Å². The Hall–Kier alpha value is -0.120. The second-order valence-corrected chi connectivity index (χ2v) is 6.37. The standard InChI is InChI=1S/C16H31NO2/c1-2-13-7-3-6-10-16(13)19-12-15(18)11-17-14-8-4-5-9-14/h13-18H,2-12H2,1H3. The maximum absolute atomic E-state index is 10.0. The first-order valence-electron chi connectivity index (χ1n) is 8.32. The van der Waals surface area contributed by atoms with Gasteiger partial charge in [0.05, 0.1) is 18.8 Å². The van der Waals surface area contributed by atoms with Gasteiger partial charge in [0.15, 0.2) is 0 Å². The van der Waals surface area contributed by atoms with Gasteiger partial charge in [-0.05, 0) is 31.6 Å². The lowest BCUT2D eigenvalue weighted by atomic mass is 9.85. The Morgan fingerprint density at radius 1 is 1.11 bits per heavy atom. The molecule has 3 nitrogen and oxygen atoms in total. The third-order valence-corrected chi connectivity index (χ3v) is 4.86. The Kier molecular flexibility index (Phi) is 6.62. The number of hydrogen-bond acceptors (Lipinski definition) is 3. The Balaban J connectivity index is 1.60. The van der Waals surface area contributed by atoms with Crippen molar-refractivity contribution >= 4 is 0 Å². The van der Waals surface area contributed by atoms with Crippen molar-refractivity contribution in [2.75, 3.05) is 13.2 Å². The summed E-state index contributed by atoms with van der Waals surface area (Å²) in [6.45, 7) is 3.44. The Bertz CT molecular complexity index is 241. The van der Waals surface area contributed by atoms with Gasteiger partial charge in [0.1, 0.15) is 0 Å². The van der Waals surface area contributed by atoms with E-state index in [0.717, 1.165) is 0 Å². The summed E-state index contributed by atoms with van der Waals surface area (Å²) in [5.41, 5.74) is 0. The minimum Gasteiger partial charge on any atom is -0.389 e. The maximum Gasteiger partial charge on any atom is 0.0897 e. The van der Waals surface area contributed by atoms with Gasteiger partial charge in [-0.3, -0.25) is 0 Å². The molecule has 0 spiro atoms. The summed E-state index contributed by atoms with van der Waals surface area (Å²) in [5.74, 6) is 0.712. The van der Waals surface area contributed by atoms with Gasteiger partial charge in [0.2, 0.25) is 0 Å². The van der Waals surface area contributed by atoms with Crippen LogP contribution in [0.15, 0.2) is 0 Å². The van der Waals surface area contributed by atoms with E-state index in [1.807, 2.05) is 0 Å². The molecular formula is C16H31NO2. The number of rotatable bonds is 7. The van der Waals surface area contributed by atoms with E-state index in [0.29, 0.717) is 31.2 Å². The fraction of sp³-hybridized carbons (Fsp3) is 1.00. The van der Waals surface area contributed by atoms with Gasteiger partial charge in [-0.25, -0.2) is 0 Å². The second kappa shape index (κ2) is 8.23. The highest BCUT2D eigenvalue weighted by Gasteiger charge is 2.25. The van der Waals surface area contributed by atoms with Crippen molar-refractivity contribution in [2.24, 2.45) is 5.92 Å². The molecule has 3 atom stereocenters. The topological polar surface area (TPSA) is 41.5 Å². The highest BCUT2D eigenvalue weighted by molar-refractivity contribution is 4.77. The van der Waals surface area contributed by atoms with Gasteiger partial charge in [-0.15, -0.1) is 0 Å². The van der Waals surface area contributed by atoms with Crippen molar-refractivity contribution < 1.29 is 9.84 Å². The minimum atomic E-state index is -0.347. The van der Waals surface area contributed by atoms with Crippen LogP contribution in [0.25, 0.3) is 0 Å². The normalized spacial score (nSPS) is 30.6. The predicted octanol–water partition coefficient (Wildman–Crippen LogP) is 2.86. The van der Waals surface area contributed by atoms with Gasteiger partial charge in [-0.1, -0.05) is 39.0 Å². The van der Waals surface area contributed by atoms with Gasteiger partial charge in [-0.2, -0.15) is 0 Å². The molecule has 0 aromatic carbocycles. The van der Waals surface area contributed by atoms with Crippen molar-refractivity contribution in [3.8, 4) is 0 Å². The molecule has 0 bridgehead atoms. The van der Waals surface area contributed by atoms with E-state index in [9.17, 15) is 5.11 Å². The van der Waals surface area contributed by atoms with Crippen LogP contribution in [0.3, 0.4) is 0 Å². The van der Waals surface area contributed by atoms with E-state index in [2.05, 4.69) is 12.2 Å². The molecule has 2 rings (SSSR count). The van der Waals surface area contributed by atoms with Crippen LogP contribution in [0.4, 0.5) is 0 Å². The molecule has 0 radical (unpaired) electrons. The summed E-state index contributed by atoms with van der Waals surface area (Å²) in [5, 5.41) is 13.5. The lowest BCUT2D eigenvalue weighted by molar-refractivity contribution is -0.0503. The zero-order valence-corrected chi connectivity index (χ0v) is 12.4. The van der Waals surface area contributed by atoms with Crippen LogP contribution in [-0.4, -0.2) is 36.5 Å². The molecule has 0 amide bonds. The first-order chi connectivity index (χ1) is 9.29. The molecular weight excluding hydrogens is 238 g/mol. The average Bonchev–Trinajstić information content (AvgIpc) is 2.96. The highest BCUT2D eigenvalue weighted by Crippen LogP contribution is 2.29. The molecule has 2 aliphatic rings. The molecule has 0 aromatic rings. The summed E-state index contributed by atoms with van der Waals surface area (Å²) in [4.78, 5) is 0. The molecule has 2 aliphatic carbocycles. The fourth-order valence-electron chi connectivity index (χ4n) is 3.59. The zero-order valence-electron chi connectivity index (χ0n) is 12.4. The maximum atomic E-state index is 10.0. The van der Waals surface area contributed by atoms with Crippen molar-refractivity contribution in [2.45, 2.75) is 83.0 Å². The minimum absolute atomic E-state index is 0.347. The molecule has 112 valence electrons. The summed E-state index contributed by atoms with van der Waals surface area (Å²) in [6.07, 6.45) is 11.6. The predicted molar refractivity (Wildman–Crippen MR) is 78.3 cm³/mol. The van der Waals surface area contributed by atoms with Crippen LogP contribution < -0.4 is 5.32 Å². The third kappa shape index (κ3) is 5.05. The van der Waals surface area contributed by atoms with Crippen molar-refractivity contribution in [1.29, 1.82) is 0 Å². The van der Waals surface area contributed by atoms with Crippen LogP contribution in [-0.2, 0) is 4.74 Å². The number of ether oxygens (including phenoxy) is 1. The van der Waals surface area contributed by atoms with Crippen LogP contribution in [0.5, 0.6) is 0 Å². The molecule has 2 saturated carbocycles. The quantitative estimate of drug-likeness (QED) is 0.747. The molecule has 2 fully saturated rings. The smallest absolute Gasteiger partial charge is 0.0897 e. The van der Waals surface area contributed by atoms with Gasteiger partial charge in [0, 0.05) is 12.6 Å². The molecule has 19 heavy (non-hydrogen) atoms. The molecule has 0 heterocycles. The van der Waals surface area contributed by atoms with Crippen LogP contribution in [0.2, 0.25) is 0 Å². The molecule has 3 unspecified atom stereocenters. The van der Waals surface area contributed by atoms with Crippen LogP contribution in [0, 0.1) is 5.92 Å². The summed E-state index contributed by atoms with van der Waals surface area (Å²) >= 11 is 0. The van der Waals surface area contributed by atoms with E-state index in [1.54, 1.807) is 0 Å². The number of aliphatic hydroxyl groups excluding tert-OH is 1. The molecule has 3 heteroatoms. The highest BCUT2D eigenvalue weighted by atomic mass is 16.5. The third-order valence-electron chi connectivity index (χ3n) is 4.86. The largest absolute Gasteiger partial charge is 0.389 e.